The second-order valence-corrected chi connectivity index (χ2v) is 26.4. The van der Waals surface area contributed by atoms with Crippen molar-refractivity contribution in [2.75, 3.05) is 19.8 Å². The fraction of sp³-hybridized carbons (Fsp3) is 0.895. The van der Waals surface area contributed by atoms with E-state index in [0.29, 0.717) is 19.4 Å². The lowest BCUT2D eigenvalue weighted by Crippen LogP contribution is -2.60. The third-order valence-corrected chi connectivity index (χ3v) is 18.0. The Morgan fingerprint density at radius 1 is 0.425 bits per heavy atom. The van der Waals surface area contributed by atoms with E-state index in [-0.39, 0.29) is 18.5 Å². The highest BCUT2D eigenvalue weighted by Gasteiger charge is 2.44. The molecule has 0 aromatic rings. The highest BCUT2D eigenvalue weighted by atomic mass is 16.7. The minimum Gasteiger partial charge on any atom is -0.466 e. The number of aliphatic hydroxyl groups excluding tert-OH is 5. The van der Waals surface area contributed by atoms with Crippen molar-refractivity contribution in [3.05, 3.63) is 36.5 Å². The van der Waals surface area contributed by atoms with Gasteiger partial charge in [-0.15, -0.1) is 0 Å². The Labute approximate surface area is 536 Å². The number of carbonyl (C=O) groups excluding carboxylic acids is 2. The van der Waals surface area contributed by atoms with Gasteiger partial charge in [-0.2, -0.15) is 0 Å². The minimum absolute atomic E-state index is 0.0109. The molecule has 0 aromatic carbocycles. The molecule has 1 aliphatic heterocycles. The first-order chi connectivity index (χ1) is 42.7. The molecule has 0 radical (unpaired) electrons. The van der Waals surface area contributed by atoms with E-state index in [4.69, 9.17) is 14.2 Å². The topological polar surface area (TPSA) is 175 Å². The zero-order valence-electron chi connectivity index (χ0n) is 57.0. The van der Waals surface area contributed by atoms with Crippen molar-refractivity contribution in [1.82, 2.24) is 5.32 Å². The van der Waals surface area contributed by atoms with Crippen LogP contribution >= 0.6 is 0 Å². The maximum atomic E-state index is 13.0. The molecule has 1 rings (SSSR count). The number of carbonyl (C=O) groups is 2. The van der Waals surface area contributed by atoms with Crippen LogP contribution in [-0.4, -0.2) is 100 Å². The fourth-order valence-corrected chi connectivity index (χ4v) is 12.1. The van der Waals surface area contributed by atoms with Crippen molar-refractivity contribution < 1.29 is 49.3 Å². The zero-order chi connectivity index (χ0) is 63.0. The van der Waals surface area contributed by atoms with Crippen molar-refractivity contribution in [3.8, 4) is 0 Å². The molecule has 7 atom stereocenters. The number of hydrogen-bond acceptors (Lipinski definition) is 10. The molecule has 11 heteroatoms. The molecule has 0 bridgehead atoms. The summed E-state index contributed by atoms with van der Waals surface area (Å²) in [6.45, 7) is 4.37. The number of amides is 1. The predicted molar refractivity (Wildman–Crippen MR) is 366 cm³/mol. The maximum Gasteiger partial charge on any atom is 0.305 e. The van der Waals surface area contributed by atoms with Crippen LogP contribution in [0.25, 0.3) is 0 Å². The summed E-state index contributed by atoms with van der Waals surface area (Å²) in [5.74, 6) is -0.169. The second kappa shape index (κ2) is 65.4. The van der Waals surface area contributed by atoms with Gasteiger partial charge in [-0.1, -0.05) is 333 Å². The fourth-order valence-electron chi connectivity index (χ4n) is 12.1. The Hall–Kier alpha value is -2.12. The van der Waals surface area contributed by atoms with Gasteiger partial charge in [0, 0.05) is 12.8 Å². The quantitative estimate of drug-likeness (QED) is 0.0195. The summed E-state index contributed by atoms with van der Waals surface area (Å²) < 4.78 is 16.7. The van der Waals surface area contributed by atoms with E-state index in [1.54, 1.807) is 6.08 Å². The smallest absolute Gasteiger partial charge is 0.305 e. The molecule has 512 valence electrons. The number of ether oxygens (including phenoxy) is 3. The van der Waals surface area contributed by atoms with Gasteiger partial charge in [-0.3, -0.25) is 9.59 Å². The maximum absolute atomic E-state index is 13.0. The number of hydrogen-bond donors (Lipinski definition) is 6. The SMILES string of the molecule is CCCCCCCCCC/C=C/C(O)C(COC1OC(CO)C(O)C(O)C1O)NC(=O)CCCCCCCCCCCCCCCCCCC/C=C\C/C=C\CCCCCCCCCCCOC(=O)CCCCCCCCCCCCCCCCCC. The molecule has 7 unspecified atom stereocenters. The molecule has 1 aliphatic rings. The van der Waals surface area contributed by atoms with Crippen LogP contribution in [0, 0.1) is 0 Å². The van der Waals surface area contributed by atoms with Gasteiger partial charge in [-0.05, 0) is 64.2 Å². The Balaban J connectivity index is 1.90. The number of nitrogens with one attached hydrogen (secondary N) is 1. The van der Waals surface area contributed by atoms with Gasteiger partial charge in [0.05, 0.1) is 32.0 Å². The molecule has 0 aliphatic carbocycles. The van der Waals surface area contributed by atoms with Gasteiger partial charge in [0.2, 0.25) is 5.91 Å². The molecule has 1 amide bonds. The molecule has 0 saturated carbocycles. The molecule has 6 N–H and O–H groups in total. The Kier molecular flexibility index (Phi) is 62.3. The first-order valence-corrected chi connectivity index (χ1v) is 37.8. The van der Waals surface area contributed by atoms with Gasteiger partial charge < -0.3 is 45.1 Å². The van der Waals surface area contributed by atoms with Crippen LogP contribution in [0.2, 0.25) is 0 Å². The normalized spacial score (nSPS) is 18.0. The molecule has 0 aromatic heterocycles. The molecular formula is C76H143NO10. The minimum atomic E-state index is -1.57. The van der Waals surface area contributed by atoms with Crippen LogP contribution < -0.4 is 5.32 Å². The number of allylic oxidation sites excluding steroid dienone is 5. The number of unbranched alkanes of at least 4 members (excludes halogenated alkanes) is 49. The Morgan fingerprint density at radius 2 is 0.770 bits per heavy atom. The Morgan fingerprint density at radius 3 is 1.16 bits per heavy atom. The molecule has 87 heavy (non-hydrogen) atoms. The summed E-state index contributed by atoms with van der Waals surface area (Å²) in [4.78, 5) is 25.1. The number of esters is 1. The summed E-state index contributed by atoms with van der Waals surface area (Å²) in [6, 6.07) is -0.808. The van der Waals surface area contributed by atoms with Crippen molar-refractivity contribution in [2.45, 2.75) is 416 Å². The van der Waals surface area contributed by atoms with Crippen LogP contribution in [0.1, 0.15) is 373 Å². The highest BCUT2D eigenvalue weighted by Crippen LogP contribution is 2.24. The molecule has 1 fully saturated rings. The average molecular weight is 1230 g/mol. The largest absolute Gasteiger partial charge is 0.466 e. The van der Waals surface area contributed by atoms with Crippen LogP contribution in [0.15, 0.2) is 36.5 Å². The van der Waals surface area contributed by atoms with E-state index in [9.17, 15) is 35.1 Å². The summed E-state index contributed by atoms with van der Waals surface area (Å²) in [5.41, 5.74) is 0. The summed E-state index contributed by atoms with van der Waals surface area (Å²) in [6.07, 6.45) is 74.5. The molecule has 0 spiro atoms. The van der Waals surface area contributed by atoms with Crippen LogP contribution in [0.3, 0.4) is 0 Å². The van der Waals surface area contributed by atoms with E-state index in [2.05, 4.69) is 43.5 Å². The van der Waals surface area contributed by atoms with Gasteiger partial charge >= 0.3 is 5.97 Å². The lowest BCUT2D eigenvalue weighted by molar-refractivity contribution is -0.302. The lowest BCUT2D eigenvalue weighted by Gasteiger charge is -2.40. The van der Waals surface area contributed by atoms with Crippen molar-refractivity contribution >= 4 is 11.9 Å². The van der Waals surface area contributed by atoms with Gasteiger partial charge in [0.15, 0.2) is 6.29 Å². The van der Waals surface area contributed by atoms with Crippen LogP contribution in [0.5, 0.6) is 0 Å². The standard InChI is InChI=1S/C76H143NO10/c1-3-5-7-9-11-13-15-16-17-38-41-44-48-52-56-60-64-72(81)85-65-61-57-53-49-45-42-39-36-34-32-30-28-26-24-22-20-18-19-21-23-25-27-29-31-33-35-37-40-43-47-51-55-59-63-71(80)77-68(67-86-76-75(84)74(83)73(82)70(66-78)87-76)69(79)62-58-54-50-46-14-12-10-8-6-4-2/h22,24,28,30,58,62,68-70,73-76,78-79,82-84H,3-21,23,25-27,29,31-57,59-61,63-67H2,1-2H3,(H,77,80)/b24-22-,30-28-,62-58+. The average Bonchev–Trinajstić information content (AvgIpc) is 1.91. The summed E-state index contributed by atoms with van der Waals surface area (Å²) >= 11 is 0. The first-order valence-electron chi connectivity index (χ1n) is 37.8. The van der Waals surface area contributed by atoms with Crippen molar-refractivity contribution in [1.29, 1.82) is 0 Å². The predicted octanol–water partition coefficient (Wildman–Crippen LogP) is 19.7. The van der Waals surface area contributed by atoms with E-state index in [1.165, 1.54) is 289 Å². The second-order valence-electron chi connectivity index (χ2n) is 26.4. The van der Waals surface area contributed by atoms with E-state index < -0.39 is 49.5 Å². The number of aliphatic hydroxyl groups is 5. The van der Waals surface area contributed by atoms with E-state index in [1.807, 2.05) is 6.08 Å². The van der Waals surface area contributed by atoms with Crippen LogP contribution in [-0.2, 0) is 23.8 Å². The number of rotatable bonds is 67. The molecular weight excluding hydrogens is 1090 g/mol. The van der Waals surface area contributed by atoms with Gasteiger partial charge in [0.25, 0.3) is 0 Å². The lowest BCUT2D eigenvalue weighted by atomic mass is 9.99. The van der Waals surface area contributed by atoms with E-state index >= 15 is 0 Å². The van der Waals surface area contributed by atoms with Crippen molar-refractivity contribution in [2.24, 2.45) is 0 Å². The monoisotopic (exact) mass is 1230 g/mol. The molecule has 1 saturated heterocycles. The molecule has 1 heterocycles. The summed E-state index contributed by atoms with van der Waals surface area (Å²) in [7, 11) is 0. The first kappa shape index (κ1) is 82.9. The van der Waals surface area contributed by atoms with Gasteiger partial charge in [0.1, 0.15) is 24.4 Å². The highest BCUT2D eigenvalue weighted by molar-refractivity contribution is 5.76. The third kappa shape index (κ3) is 54.2. The third-order valence-electron chi connectivity index (χ3n) is 18.0. The molecule has 11 nitrogen and oxygen atoms in total. The van der Waals surface area contributed by atoms with E-state index in [0.717, 1.165) is 57.8 Å². The summed E-state index contributed by atoms with van der Waals surface area (Å²) in [5, 5.41) is 54.4. The van der Waals surface area contributed by atoms with Gasteiger partial charge in [-0.25, -0.2) is 0 Å². The van der Waals surface area contributed by atoms with Crippen LogP contribution in [0.4, 0.5) is 0 Å². The Bertz CT molecular complexity index is 1540. The van der Waals surface area contributed by atoms with Crippen molar-refractivity contribution in [3.63, 3.8) is 0 Å². The zero-order valence-corrected chi connectivity index (χ0v) is 57.0.